The molecule has 1 aromatic rings. The summed E-state index contributed by atoms with van der Waals surface area (Å²) in [7, 11) is 0. The van der Waals surface area contributed by atoms with Crippen LogP contribution in [0.25, 0.3) is 0 Å². The number of guanidine groups is 1. The molecular formula is C16H25F3N4OS. The van der Waals surface area contributed by atoms with Gasteiger partial charge in [0.05, 0.1) is 13.1 Å². The Morgan fingerprint density at radius 2 is 2.24 bits per heavy atom. The molecule has 1 aromatic heterocycles. The van der Waals surface area contributed by atoms with E-state index in [2.05, 4.69) is 15.6 Å². The second-order valence-electron chi connectivity index (χ2n) is 6.43. The first-order valence-electron chi connectivity index (χ1n) is 8.30. The van der Waals surface area contributed by atoms with E-state index in [1.807, 2.05) is 24.4 Å². The summed E-state index contributed by atoms with van der Waals surface area (Å²) in [6.07, 6.45) is -3.55. The molecule has 2 heterocycles. The number of thiophene rings is 1. The molecule has 2 rings (SSSR count). The Labute approximate surface area is 149 Å². The smallest absolute Gasteiger partial charge is 0.383 e. The molecular weight excluding hydrogens is 353 g/mol. The topological polar surface area (TPSA) is 59.9 Å². The summed E-state index contributed by atoms with van der Waals surface area (Å²) in [6, 6.07) is 3.63. The van der Waals surface area contributed by atoms with E-state index in [4.69, 9.17) is 0 Å². The molecule has 0 radical (unpaired) electrons. The normalized spacial score (nSPS) is 22.0. The molecule has 0 amide bonds. The monoisotopic (exact) mass is 378 g/mol. The van der Waals surface area contributed by atoms with E-state index in [-0.39, 0.29) is 12.6 Å². The van der Waals surface area contributed by atoms with Crippen molar-refractivity contribution in [1.29, 1.82) is 0 Å². The van der Waals surface area contributed by atoms with Gasteiger partial charge in [-0.15, -0.1) is 11.3 Å². The maximum absolute atomic E-state index is 12.5. The number of aliphatic imine (C=N–C) groups is 1. The zero-order valence-electron chi connectivity index (χ0n) is 14.4. The molecule has 1 saturated heterocycles. The molecule has 0 spiro atoms. The van der Waals surface area contributed by atoms with Crippen LogP contribution in [0.5, 0.6) is 0 Å². The van der Waals surface area contributed by atoms with Crippen molar-refractivity contribution in [2.24, 2.45) is 4.99 Å². The van der Waals surface area contributed by atoms with Crippen molar-refractivity contribution in [3.63, 3.8) is 0 Å². The van der Waals surface area contributed by atoms with Crippen LogP contribution in [0.15, 0.2) is 22.5 Å². The molecule has 1 aliphatic heterocycles. The first-order chi connectivity index (χ1) is 11.7. The van der Waals surface area contributed by atoms with Gasteiger partial charge in [-0.25, -0.2) is 4.99 Å². The Hall–Kier alpha value is -1.32. The lowest BCUT2D eigenvalue weighted by molar-refractivity contribution is -0.143. The first kappa shape index (κ1) is 20.0. The second-order valence-corrected chi connectivity index (χ2v) is 7.37. The van der Waals surface area contributed by atoms with E-state index in [0.717, 1.165) is 4.88 Å². The van der Waals surface area contributed by atoms with E-state index in [0.29, 0.717) is 32.0 Å². The van der Waals surface area contributed by atoms with Crippen molar-refractivity contribution in [3.8, 4) is 0 Å². The Balaban J connectivity index is 1.92. The number of rotatable bonds is 6. The number of alkyl halides is 3. The van der Waals surface area contributed by atoms with Crippen LogP contribution < -0.4 is 10.6 Å². The molecule has 0 aromatic carbocycles. The van der Waals surface area contributed by atoms with Crippen molar-refractivity contribution in [1.82, 2.24) is 15.5 Å². The minimum absolute atomic E-state index is 0.0909. The SMILES string of the molecule is CCNC(=NCC(C)(O)c1cccs1)NC1CCN(CC(F)(F)F)C1. The number of nitrogens with one attached hydrogen (secondary N) is 2. The second kappa shape index (κ2) is 8.37. The minimum Gasteiger partial charge on any atom is -0.383 e. The molecule has 0 aliphatic carbocycles. The molecule has 0 bridgehead atoms. The number of hydrogen-bond donors (Lipinski definition) is 3. The van der Waals surface area contributed by atoms with Gasteiger partial charge in [0.2, 0.25) is 0 Å². The van der Waals surface area contributed by atoms with Crippen LogP contribution >= 0.6 is 11.3 Å². The molecule has 2 atom stereocenters. The minimum atomic E-state index is -4.17. The van der Waals surface area contributed by atoms with E-state index in [1.165, 1.54) is 16.2 Å². The molecule has 3 N–H and O–H groups in total. The van der Waals surface area contributed by atoms with E-state index in [1.54, 1.807) is 6.92 Å². The Morgan fingerprint density at radius 1 is 1.48 bits per heavy atom. The van der Waals surface area contributed by atoms with Gasteiger partial charge < -0.3 is 15.7 Å². The van der Waals surface area contributed by atoms with Crippen LogP contribution in [0.1, 0.15) is 25.1 Å². The van der Waals surface area contributed by atoms with E-state index in [9.17, 15) is 18.3 Å². The zero-order valence-corrected chi connectivity index (χ0v) is 15.3. The zero-order chi connectivity index (χ0) is 18.5. The van der Waals surface area contributed by atoms with Crippen LogP contribution in [0, 0.1) is 0 Å². The third kappa shape index (κ3) is 6.48. The van der Waals surface area contributed by atoms with Gasteiger partial charge in [-0.2, -0.15) is 13.2 Å². The molecule has 1 fully saturated rings. The number of halogens is 3. The summed E-state index contributed by atoms with van der Waals surface area (Å²) in [6.45, 7) is 4.26. The van der Waals surface area contributed by atoms with Gasteiger partial charge in [-0.1, -0.05) is 6.07 Å². The molecule has 25 heavy (non-hydrogen) atoms. The van der Waals surface area contributed by atoms with Gasteiger partial charge in [0.15, 0.2) is 5.96 Å². The van der Waals surface area contributed by atoms with E-state index >= 15 is 0 Å². The van der Waals surface area contributed by atoms with Crippen LogP contribution in [-0.4, -0.2) is 60.9 Å². The first-order valence-corrected chi connectivity index (χ1v) is 9.18. The van der Waals surface area contributed by atoms with Crippen LogP contribution in [0.3, 0.4) is 0 Å². The van der Waals surface area contributed by atoms with Crippen LogP contribution in [-0.2, 0) is 5.60 Å². The Morgan fingerprint density at radius 3 is 2.84 bits per heavy atom. The van der Waals surface area contributed by atoms with Crippen LogP contribution in [0.4, 0.5) is 13.2 Å². The van der Waals surface area contributed by atoms with Gasteiger partial charge in [-0.05, 0) is 31.7 Å². The van der Waals surface area contributed by atoms with Gasteiger partial charge in [-0.3, -0.25) is 4.90 Å². The molecule has 142 valence electrons. The Kier molecular flexibility index (Phi) is 6.70. The number of nitrogens with zero attached hydrogens (tertiary/aromatic N) is 2. The number of hydrogen-bond acceptors (Lipinski definition) is 4. The average molecular weight is 378 g/mol. The summed E-state index contributed by atoms with van der Waals surface area (Å²) in [5, 5.41) is 18.7. The van der Waals surface area contributed by atoms with Crippen LogP contribution in [0.2, 0.25) is 0 Å². The predicted molar refractivity (Wildman–Crippen MR) is 93.9 cm³/mol. The maximum atomic E-state index is 12.5. The highest BCUT2D eigenvalue weighted by Crippen LogP contribution is 2.25. The largest absolute Gasteiger partial charge is 0.401 e. The molecule has 5 nitrogen and oxygen atoms in total. The van der Waals surface area contributed by atoms with Crippen molar-refractivity contribution in [2.45, 2.75) is 38.1 Å². The van der Waals surface area contributed by atoms with Gasteiger partial charge >= 0.3 is 6.18 Å². The summed E-state index contributed by atoms with van der Waals surface area (Å²) in [4.78, 5) is 6.63. The van der Waals surface area contributed by atoms with Gasteiger partial charge in [0, 0.05) is 30.6 Å². The van der Waals surface area contributed by atoms with Crippen molar-refractivity contribution in [2.75, 3.05) is 32.7 Å². The molecule has 2 unspecified atom stereocenters. The molecule has 1 aliphatic rings. The third-order valence-electron chi connectivity index (χ3n) is 3.96. The van der Waals surface area contributed by atoms with Gasteiger partial charge in [0.25, 0.3) is 0 Å². The highest BCUT2D eigenvalue weighted by atomic mass is 32.1. The van der Waals surface area contributed by atoms with Crippen molar-refractivity contribution >= 4 is 17.3 Å². The summed E-state index contributed by atoms with van der Waals surface area (Å²) in [5.74, 6) is 0.512. The maximum Gasteiger partial charge on any atom is 0.401 e. The van der Waals surface area contributed by atoms with Crippen molar-refractivity contribution in [3.05, 3.63) is 22.4 Å². The lowest BCUT2D eigenvalue weighted by Gasteiger charge is -2.22. The summed E-state index contributed by atoms with van der Waals surface area (Å²) < 4.78 is 37.4. The lowest BCUT2D eigenvalue weighted by Crippen LogP contribution is -2.45. The summed E-state index contributed by atoms with van der Waals surface area (Å²) >= 11 is 1.46. The van der Waals surface area contributed by atoms with E-state index < -0.39 is 18.3 Å². The fourth-order valence-corrected chi connectivity index (χ4v) is 3.54. The predicted octanol–water partition coefficient (Wildman–Crippen LogP) is 2.15. The highest BCUT2D eigenvalue weighted by Gasteiger charge is 2.34. The lowest BCUT2D eigenvalue weighted by atomic mass is 10.1. The standard InChI is InChI=1S/C16H25F3N4OS/c1-3-20-14(21-10-15(2,24)13-5-4-8-25-13)22-12-6-7-23(9-12)11-16(17,18)19/h4-5,8,12,24H,3,6-7,9-11H2,1-2H3,(H2,20,21,22). The van der Waals surface area contributed by atoms with Gasteiger partial charge in [0.1, 0.15) is 5.60 Å². The van der Waals surface area contributed by atoms with Crippen molar-refractivity contribution < 1.29 is 18.3 Å². The fourth-order valence-electron chi connectivity index (χ4n) is 2.76. The molecule has 9 heteroatoms. The number of likely N-dealkylation sites (tertiary alicyclic amines) is 1. The molecule has 0 saturated carbocycles. The summed E-state index contributed by atoms with van der Waals surface area (Å²) in [5.41, 5.74) is -1.07. The quantitative estimate of drug-likeness (QED) is 0.524. The fraction of sp³-hybridized carbons (Fsp3) is 0.688. The highest BCUT2D eigenvalue weighted by molar-refractivity contribution is 7.10. The number of aliphatic hydroxyl groups is 1. The average Bonchev–Trinajstić information content (AvgIpc) is 3.15. The Bertz CT molecular complexity index is 560. The third-order valence-corrected chi connectivity index (χ3v) is 5.08.